The molecule has 60 valence electrons. The molecule has 0 aliphatic heterocycles. The van der Waals surface area contributed by atoms with Gasteiger partial charge < -0.3 is 5.11 Å². The van der Waals surface area contributed by atoms with Crippen LogP contribution in [0.1, 0.15) is 12.1 Å². The van der Waals surface area contributed by atoms with Crippen LogP contribution in [0.3, 0.4) is 0 Å². The van der Waals surface area contributed by atoms with Gasteiger partial charge in [0.15, 0.2) is 0 Å². The Morgan fingerprint density at radius 1 is 1.45 bits per heavy atom. The van der Waals surface area contributed by atoms with Crippen molar-refractivity contribution >= 4 is 22.6 Å². The molecule has 0 atom stereocenters. The maximum Gasteiger partial charge on any atom is 0.0434 e. The Kier molecular flexibility index (Phi) is 3.79. The summed E-state index contributed by atoms with van der Waals surface area (Å²) in [7, 11) is 0. The minimum Gasteiger partial charge on any atom is -0.396 e. The Balaban J connectivity index is 2.52. The predicted octanol–water partition coefficient (Wildman–Crippen LogP) is 1.61. The van der Waals surface area contributed by atoms with Gasteiger partial charge in [-0.2, -0.15) is 0 Å². The molecule has 0 amide bonds. The summed E-state index contributed by atoms with van der Waals surface area (Å²) in [5, 5.41) is 8.55. The highest BCUT2D eigenvalue weighted by Crippen LogP contribution is 2.04. The molecule has 0 radical (unpaired) electrons. The summed E-state index contributed by atoms with van der Waals surface area (Å²) in [6.07, 6.45) is 3.51. The monoisotopic (exact) mass is 263 g/mol. The summed E-state index contributed by atoms with van der Waals surface area (Å²) in [6.45, 7) is 0.244. The van der Waals surface area contributed by atoms with E-state index in [1.165, 1.54) is 0 Å². The number of halogens is 1. The first-order chi connectivity index (χ1) is 5.33. The first-order valence-electron chi connectivity index (χ1n) is 3.54. The maximum atomic E-state index is 8.55. The number of hydrogen-bond acceptors (Lipinski definition) is 2. The molecule has 0 unspecified atom stereocenters. The molecule has 0 aliphatic rings. The molecule has 0 fully saturated rings. The SMILES string of the molecule is OCCCc1ccc(I)cn1. The van der Waals surface area contributed by atoms with Crippen LogP contribution in [0.5, 0.6) is 0 Å². The van der Waals surface area contributed by atoms with Crippen LogP contribution in [0.25, 0.3) is 0 Å². The van der Waals surface area contributed by atoms with Crippen LogP contribution in [-0.2, 0) is 6.42 Å². The molecule has 1 heterocycles. The van der Waals surface area contributed by atoms with Gasteiger partial charge in [0.2, 0.25) is 0 Å². The average Bonchev–Trinajstić information content (AvgIpc) is 2.04. The van der Waals surface area contributed by atoms with Crippen molar-refractivity contribution in [2.24, 2.45) is 0 Å². The average molecular weight is 263 g/mol. The molecule has 0 saturated carbocycles. The van der Waals surface area contributed by atoms with Crippen molar-refractivity contribution in [3.63, 3.8) is 0 Å². The van der Waals surface area contributed by atoms with Gasteiger partial charge in [-0.15, -0.1) is 0 Å². The van der Waals surface area contributed by atoms with Crippen LogP contribution >= 0.6 is 22.6 Å². The summed E-state index contributed by atoms with van der Waals surface area (Å²) >= 11 is 2.22. The number of aliphatic hydroxyl groups excluding tert-OH is 1. The Bertz CT molecular complexity index is 210. The van der Waals surface area contributed by atoms with Crippen molar-refractivity contribution < 1.29 is 5.11 Å². The van der Waals surface area contributed by atoms with E-state index in [4.69, 9.17) is 5.11 Å². The van der Waals surface area contributed by atoms with Gasteiger partial charge >= 0.3 is 0 Å². The molecular weight excluding hydrogens is 253 g/mol. The fraction of sp³-hybridized carbons (Fsp3) is 0.375. The van der Waals surface area contributed by atoms with E-state index in [-0.39, 0.29) is 6.61 Å². The lowest BCUT2D eigenvalue weighted by molar-refractivity contribution is 0.288. The summed E-state index contributed by atoms with van der Waals surface area (Å²) in [5.74, 6) is 0. The van der Waals surface area contributed by atoms with E-state index in [0.29, 0.717) is 0 Å². The minimum atomic E-state index is 0.244. The number of hydrogen-bond donors (Lipinski definition) is 1. The lowest BCUT2D eigenvalue weighted by atomic mass is 10.2. The molecule has 3 heteroatoms. The molecule has 1 N–H and O–H groups in total. The first kappa shape index (κ1) is 8.93. The lowest BCUT2D eigenvalue weighted by Gasteiger charge is -1.97. The van der Waals surface area contributed by atoms with Crippen LogP contribution in [-0.4, -0.2) is 16.7 Å². The van der Waals surface area contributed by atoms with Gasteiger partial charge in [-0.3, -0.25) is 4.98 Å². The lowest BCUT2D eigenvalue weighted by Crippen LogP contribution is -1.92. The normalized spacial score (nSPS) is 10.0. The number of aryl methyl sites for hydroxylation is 1. The summed E-state index contributed by atoms with van der Waals surface area (Å²) < 4.78 is 1.15. The first-order valence-corrected chi connectivity index (χ1v) is 4.62. The summed E-state index contributed by atoms with van der Waals surface area (Å²) in [6, 6.07) is 4.03. The quantitative estimate of drug-likeness (QED) is 0.840. The zero-order chi connectivity index (χ0) is 8.10. The topological polar surface area (TPSA) is 33.1 Å². The van der Waals surface area contributed by atoms with Crippen molar-refractivity contribution in [3.8, 4) is 0 Å². The third kappa shape index (κ3) is 3.16. The highest BCUT2D eigenvalue weighted by Gasteiger charge is 1.92. The van der Waals surface area contributed by atoms with Gasteiger partial charge in [0, 0.05) is 22.1 Å². The van der Waals surface area contributed by atoms with Crippen LogP contribution in [0.4, 0.5) is 0 Å². The van der Waals surface area contributed by atoms with Crippen molar-refractivity contribution in [3.05, 3.63) is 27.6 Å². The second-order valence-electron chi connectivity index (χ2n) is 2.29. The third-order valence-electron chi connectivity index (χ3n) is 1.38. The molecule has 0 aliphatic carbocycles. The van der Waals surface area contributed by atoms with E-state index < -0.39 is 0 Å². The molecule has 11 heavy (non-hydrogen) atoms. The second-order valence-corrected chi connectivity index (χ2v) is 3.54. The van der Waals surface area contributed by atoms with Gasteiger partial charge in [-0.05, 0) is 47.6 Å². The van der Waals surface area contributed by atoms with Crippen molar-refractivity contribution in [1.82, 2.24) is 4.98 Å². The van der Waals surface area contributed by atoms with E-state index in [9.17, 15) is 0 Å². The molecule has 1 rings (SSSR count). The van der Waals surface area contributed by atoms with E-state index in [1.807, 2.05) is 18.3 Å². The van der Waals surface area contributed by atoms with Crippen LogP contribution in [0, 0.1) is 3.57 Å². The van der Waals surface area contributed by atoms with E-state index in [0.717, 1.165) is 22.1 Å². The van der Waals surface area contributed by atoms with Gasteiger partial charge in [0.1, 0.15) is 0 Å². The third-order valence-corrected chi connectivity index (χ3v) is 2.02. The van der Waals surface area contributed by atoms with Crippen LogP contribution in [0.2, 0.25) is 0 Å². The Hall–Kier alpha value is -0.160. The van der Waals surface area contributed by atoms with E-state index >= 15 is 0 Å². The number of rotatable bonds is 3. The summed E-state index contributed by atoms with van der Waals surface area (Å²) in [5.41, 5.74) is 1.06. The largest absolute Gasteiger partial charge is 0.396 e. The number of pyridine rings is 1. The minimum absolute atomic E-state index is 0.244. The maximum absolute atomic E-state index is 8.55. The van der Waals surface area contributed by atoms with Gasteiger partial charge in [0.25, 0.3) is 0 Å². The van der Waals surface area contributed by atoms with Crippen molar-refractivity contribution in [2.75, 3.05) is 6.61 Å². The Morgan fingerprint density at radius 3 is 2.82 bits per heavy atom. The zero-order valence-corrected chi connectivity index (χ0v) is 8.28. The molecular formula is C8H10INO. The van der Waals surface area contributed by atoms with Gasteiger partial charge in [0.05, 0.1) is 0 Å². The zero-order valence-electron chi connectivity index (χ0n) is 6.13. The second kappa shape index (κ2) is 4.66. The van der Waals surface area contributed by atoms with Gasteiger partial charge in [-0.25, -0.2) is 0 Å². The molecule has 1 aromatic heterocycles. The van der Waals surface area contributed by atoms with Crippen molar-refractivity contribution in [2.45, 2.75) is 12.8 Å². The van der Waals surface area contributed by atoms with Crippen molar-refractivity contribution in [1.29, 1.82) is 0 Å². The molecule has 0 spiro atoms. The predicted molar refractivity (Wildman–Crippen MR) is 52.4 cm³/mol. The molecule has 0 saturated heterocycles. The highest BCUT2D eigenvalue weighted by atomic mass is 127. The van der Waals surface area contributed by atoms with Gasteiger partial charge in [-0.1, -0.05) is 0 Å². The number of aliphatic hydroxyl groups is 1. The van der Waals surface area contributed by atoms with E-state index in [2.05, 4.69) is 27.6 Å². The summed E-state index contributed by atoms with van der Waals surface area (Å²) in [4.78, 5) is 4.20. The molecule has 0 aromatic carbocycles. The Morgan fingerprint density at radius 2 is 2.27 bits per heavy atom. The fourth-order valence-electron chi connectivity index (χ4n) is 0.815. The fourth-order valence-corrected chi connectivity index (χ4v) is 1.13. The molecule has 0 bridgehead atoms. The smallest absolute Gasteiger partial charge is 0.0434 e. The van der Waals surface area contributed by atoms with Crippen LogP contribution < -0.4 is 0 Å². The number of nitrogens with zero attached hydrogens (tertiary/aromatic N) is 1. The highest BCUT2D eigenvalue weighted by molar-refractivity contribution is 14.1. The van der Waals surface area contributed by atoms with E-state index in [1.54, 1.807) is 0 Å². The number of aromatic nitrogens is 1. The molecule has 2 nitrogen and oxygen atoms in total. The van der Waals surface area contributed by atoms with Crippen LogP contribution in [0.15, 0.2) is 18.3 Å². The standard InChI is InChI=1S/C8H10INO/c9-7-3-4-8(10-6-7)2-1-5-11/h3-4,6,11H,1-2,5H2. The molecule has 1 aromatic rings. The Labute approximate surface area is 79.8 Å².